The molecule has 1 unspecified atom stereocenters. The summed E-state index contributed by atoms with van der Waals surface area (Å²) in [4.78, 5) is 11.7. The summed E-state index contributed by atoms with van der Waals surface area (Å²) in [5.41, 5.74) is 1.69. The lowest BCUT2D eigenvalue weighted by molar-refractivity contribution is 0.0956. The van der Waals surface area contributed by atoms with Crippen molar-refractivity contribution < 1.29 is 13.2 Å². The zero-order valence-electron chi connectivity index (χ0n) is 10.1. The number of hydrogen-bond acceptors (Lipinski definition) is 3. The fourth-order valence-corrected chi connectivity index (χ4v) is 2.06. The second kappa shape index (κ2) is 8.24. The molecule has 0 bridgehead atoms. The van der Waals surface area contributed by atoms with E-state index >= 15 is 0 Å². The van der Waals surface area contributed by atoms with Crippen molar-refractivity contribution in [2.75, 3.05) is 24.8 Å². The molecule has 0 spiro atoms. The van der Waals surface area contributed by atoms with E-state index in [1.807, 2.05) is 19.1 Å². The molecule has 0 aromatic heterocycles. The first-order valence-corrected chi connectivity index (χ1v) is 7.34. The Bertz CT molecular complexity index is 408. The summed E-state index contributed by atoms with van der Waals surface area (Å²) in [6, 6.07) is 7.25. The molecule has 0 aliphatic rings. The molecule has 1 amide bonds. The number of amides is 1. The highest BCUT2D eigenvalue weighted by Gasteiger charge is 2.05. The summed E-state index contributed by atoms with van der Waals surface area (Å²) in [5.74, 6) is 0.389. The molecule has 1 atom stereocenters. The molecule has 0 saturated carbocycles. The molecular weight excluding hydrogens is 274 g/mol. The van der Waals surface area contributed by atoms with E-state index in [0.717, 1.165) is 5.56 Å². The average molecular weight is 290 g/mol. The van der Waals surface area contributed by atoms with Gasteiger partial charge < -0.3 is 5.32 Å². The van der Waals surface area contributed by atoms with Crippen molar-refractivity contribution in [2.45, 2.75) is 6.92 Å². The molecule has 6 heteroatoms. The minimum absolute atomic E-state index is 0.177. The Morgan fingerprint density at radius 2 is 2.06 bits per heavy atom. The number of benzene rings is 1. The Morgan fingerprint density at radius 3 is 2.67 bits per heavy atom. The first-order chi connectivity index (χ1) is 8.63. The number of carbonyl (C=O) groups excluding carboxylic acids is 1. The normalized spacial score (nSPS) is 12.1. The standard InChI is InChI=1S/C12H16ClNO3S/c1-10-2-4-11(5-3-10)12(15)14-7-9-18(16)17-8-6-13/h2-5H,6-9H2,1H3,(H,14,15). The molecule has 1 rings (SSSR count). The summed E-state index contributed by atoms with van der Waals surface area (Å²) in [6.07, 6.45) is 0. The zero-order valence-corrected chi connectivity index (χ0v) is 11.7. The van der Waals surface area contributed by atoms with Crippen LogP contribution >= 0.6 is 11.6 Å². The molecule has 1 aromatic carbocycles. The Hall–Kier alpha value is -0.910. The van der Waals surface area contributed by atoms with E-state index in [2.05, 4.69) is 5.32 Å². The van der Waals surface area contributed by atoms with E-state index in [0.29, 0.717) is 18.0 Å². The number of rotatable bonds is 7. The van der Waals surface area contributed by atoms with Crippen LogP contribution in [0.25, 0.3) is 0 Å². The molecule has 0 radical (unpaired) electrons. The van der Waals surface area contributed by atoms with Gasteiger partial charge >= 0.3 is 0 Å². The third-order valence-corrected chi connectivity index (χ3v) is 3.28. The van der Waals surface area contributed by atoms with Gasteiger partial charge in [-0.25, -0.2) is 4.21 Å². The van der Waals surface area contributed by atoms with Crippen LogP contribution in [-0.2, 0) is 15.3 Å². The van der Waals surface area contributed by atoms with Crippen LogP contribution in [0.2, 0.25) is 0 Å². The fraction of sp³-hybridized carbons (Fsp3) is 0.417. The van der Waals surface area contributed by atoms with Crippen molar-refractivity contribution in [1.29, 1.82) is 0 Å². The second-order valence-electron chi connectivity index (χ2n) is 3.64. The Balaban J connectivity index is 2.29. The van der Waals surface area contributed by atoms with Gasteiger partial charge in [0.2, 0.25) is 0 Å². The van der Waals surface area contributed by atoms with Gasteiger partial charge in [-0.2, -0.15) is 0 Å². The smallest absolute Gasteiger partial charge is 0.251 e. The molecule has 4 nitrogen and oxygen atoms in total. The maximum Gasteiger partial charge on any atom is 0.251 e. The van der Waals surface area contributed by atoms with Gasteiger partial charge in [0.15, 0.2) is 11.1 Å². The Morgan fingerprint density at radius 1 is 1.39 bits per heavy atom. The first-order valence-electron chi connectivity index (χ1n) is 5.56. The van der Waals surface area contributed by atoms with Crippen molar-refractivity contribution in [3.8, 4) is 0 Å². The molecule has 18 heavy (non-hydrogen) atoms. The SMILES string of the molecule is Cc1ccc(C(=O)NCCS(=O)OCCCl)cc1. The second-order valence-corrected chi connectivity index (χ2v) is 5.27. The number of hydrogen-bond donors (Lipinski definition) is 1. The quantitative estimate of drug-likeness (QED) is 0.777. The van der Waals surface area contributed by atoms with Crippen LogP contribution in [0.15, 0.2) is 24.3 Å². The molecule has 0 aliphatic heterocycles. The van der Waals surface area contributed by atoms with Gasteiger partial charge in [0.25, 0.3) is 5.91 Å². The number of nitrogens with one attached hydrogen (secondary N) is 1. The average Bonchev–Trinajstić information content (AvgIpc) is 2.37. The maximum absolute atomic E-state index is 11.7. The maximum atomic E-state index is 11.7. The van der Waals surface area contributed by atoms with Crippen LogP contribution in [0.5, 0.6) is 0 Å². The highest BCUT2D eigenvalue weighted by molar-refractivity contribution is 7.80. The lowest BCUT2D eigenvalue weighted by Gasteiger charge is -2.05. The van der Waals surface area contributed by atoms with Gasteiger partial charge in [-0.15, -0.1) is 11.6 Å². The van der Waals surface area contributed by atoms with Gasteiger partial charge in [-0.1, -0.05) is 17.7 Å². The van der Waals surface area contributed by atoms with Crippen LogP contribution in [0.4, 0.5) is 0 Å². The molecule has 0 fully saturated rings. The van der Waals surface area contributed by atoms with Crippen LogP contribution in [-0.4, -0.2) is 34.9 Å². The minimum Gasteiger partial charge on any atom is -0.351 e. The van der Waals surface area contributed by atoms with Gasteiger partial charge in [-0.3, -0.25) is 8.98 Å². The van der Waals surface area contributed by atoms with Crippen LogP contribution in [0, 0.1) is 6.92 Å². The zero-order chi connectivity index (χ0) is 13.4. The van der Waals surface area contributed by atoms with E-state index in [-0.39, 0.29) is 18.3 Å². The molecule has 1 aromatic rings. The van der Waals surface area contributed by atoms with Gasteiger partial charge in [0, 0.05) is 18.0 Å². The van der Waals surface area contributed by atoms with Crippen molar-refractivity contribution in [3.63, 3.8) is 0 Å². The van der Waals surface area contributed by atoms with Crippen molar-refractivity contribution in [1.82, 2.24) is 5.32 Å². The van der Waals surface area contributed by atoms with E-state index in [4.69, 9.17) is 15.8 Å². The largest absolute Gasteiger partial charge is 0.351 e. The van der Waals surface area contributed by atoms with E-state index in [1.165, 1.54) is 0 Å². The van der Waals surface area contributed by atoms with Crippen molar-refractivity contribution >= 4 is 28.6 Å². The number of alkyl halides is 1. The number of aryl methyl sites for hydroxylation is 1. The summed E-state index contributed by atoms with van der Waals surface area (Å²) >= 11 is 4.00. The van der Waals surface area contributed by atoms with Crippen molar-refractivity contribution in [3.05, 3.63) is 35.4 Å². The molecule has 0 heterocycles. The first kappa shape index (κ1) is 15.1. The lowest BCUT2D eigenvalue weighted by atomic mass is 10.1. The molecule has 100 valence electrons. The number of carbonyl (C=O) groups is 1. The van der Waals surface area contributed by atoms with E-state index < -0.39 is 11.1 Å². The van der Waals surface area contributed by atoms with Crippen LogP contribution in [0.3, 0.4) is 0 Å². The Labute approximate surface area is 114 Å². The van der Waals surface area contributed by atoms with E-state index in [9.17, 15) is 9.00 Å². The molecule has 1 N–H and O–H groups in total. The highest BCUT2D eigenvalue weighted by atomic mass is 35.5. The summed E-state index contributed by atoms with van der Waals surface area (Å²) in [5, 5.41) is 2.68. The van der Waals surface area contributed by atoms with Crippen molar-refractivity contribution in [2.24, 2.45) is 0 Å². The third kappa shape index (κ3) is 5.62. The molecule has 0 saturated heterocycles. The third-order valence-electron chi connectivity index (χ3n) is 2.16. The van der Waals surface area contributed by atoms with Crippen LogP contribution < -0.4 is 5.32 Å². The van der Waals surface area contributed by atoms with Crippen LogP contribution in [0.1, 0.15) is 15.9 Å². The molecule has 0 aliphatic carbocycles. The summed E-state index contributed by atoms with van der Waals surface area (Å²) in [6.45, 7) is 2.51. The summed E-state index contributed by atoms with van der Waals surface area (Å²) in [7, 11) is 0. The fourth-order valence-electron chi connectivity index (χ4n) is 1.24. The predicted molar refractivity (Wildman–Crippen MR) is 73.2 cm³/mol. The topological polar surface area (TPSA) is 55.4 Å². The molecular formula is C12H16ClNO3S. The van der Waals surface area contributed by atoms with Gasteiger partial charge in [0.05, 0.1) is 12.4 Å². The van der Waals surface area contributed by atoms with E-state index in [1.54, 1.807) is 12.1 Å². The minimum atomic E-state index is -1.40. The predicted octanol–water partition coefficient (Wildman–Crippen LogP) is 1.64. The van der Waals surface area contributed by atoms with Gasteiger partial charge in [0.1, 0.15) is 0 Å². The number of halogens is 1. The highest BCUT2D eigenvalue weighted by Crippen LogP contribution is 2.02. The van der Waals surface area contributed by atoms with Gasteiger partial charge in [-0.05, 0) is 19.1 Å². The summed E-state index contributed by atoms with van der Waals surface area (Å²) < 4.78 is 16.1. The Kier molecular flexibility index (Phi) is 6.93. The lowest BCUT2D eigenvalue weighted by Crippen LogP contribution is -2.28. The monoisotopic (exact) mass is 289 g/mol.